The molecule has 1 aromatic heterocycles. The van der Waals surface area contributed by atoms with E-state index in [4.69, 9.17) is 28.0 Å². The summed E-state index contributed by atoms with van der Waals surface area (Å²) in [5, 5.41) is 65.9. The van der Waals surface area contributed by atoms with E-state index in [1.54, 1.807) is 57.4 Å². The van der Waals surface area contributed by atoms with Crippen LogP contribution in [0.1, 0.15) is 129 Å². The van der Waals surface area contributed by atoms with Crippen LogP contribution in [-0.4, -0.2) is 191 Å². The minimum atomic E-state index is -1.71. The topological polar surface area (TPSA) is 544 Å². The van der Waals surface area contributed by atoms with Crippen LogP contribution in [0.4, 0.5) is 0 Å². The zero-order valence-corrected chi connectivity index (χ0v) is 53.3. The number of H-pyrrole nitrogens is 1. The molecule has 33 heteroatoms. The van der Waals surface area contributed by atoms with Gasteiger partial charge in [-0.25, -0.2) is 4.98 Å². The van der Waals surface area contributed by atoms with E-state index in [2.05, 4.69) is 73.8 Å². The number of benzene rings is 1. The van der Waals surface area contributed by atoms with Gasteiger partial charge in [0.05, 0.1) is 30.6 Å². The number of nitrogens with zero attached hydrogens (tertiary/aromatic N) is 1. The van der Waals surface area contributed by atoms with E-state index < -0.39 is 164 Å². The number of nitrogens with two attached hydrogens (primary N) is 3. The Morgan fingerprint density at radius 3 is 1.46 bits per heavy atom. The number of carbonyl (C=O) groups excluding carboxylic acids is 10. The number of aliphatic carboxylic acids is 2. The van der Waals surface area contributed by atoms with Crippen LogP contribution in [0.2, 0.25) is 0 Å². The van der Waals surface area contributed by atoms with E-state index in [1.807, 2.05) is 13.8 Å². The number of rotatable bonds is 46. The van der Waals surface area contributed by atoms with E-state index >= 15 is 0 Å². The Bertz CT molecular complexity index is 2760. The lowest BCUT2D eigenvalue weighted by atomic mass is 9.96. The number of aromatic amines is 1. The van der Waals surface area contributed by atoms with Gasteiger partial charge >= 0.3 is 11.9 Å². The largest absolute Gasteiger partial charge is 0.481 e. The Kier molecular flexibility index (Phi) is 36.6. The highest BCUT2D eigenvalue weighted by Gasteiger charge is 2.36. The van der Waals surface area contributed by atoms with Gasteiger partial charge in [0, 0.05) is 45.0 Å². The maximum atomic E-state index is 14.6. The van der Waals surface area contributed by atoms with Crippen LogP contribution in [0.25, 0.3) is 0 Å². The Labute approximate surface area is 535 Å². The van der Waals surface area contributed by atoms with Crippen LogP contribution < -0.4 is 81.0 Å². The van der Waals surface area contributed by atoms with Gasteiger partial charge in [-0.15, -0.1) is 0 Å². The van der Waals surface area contributed by atoms with Crippen molar-refractivity contribution in [3.05, 3.63) is 54.1 Å². The predicted molar refractivity (Wildman–Crippen MR) is 338 cm³/mol. The number of unbranched alkanes of at least 4 members (excludes halogenated alkanes) is 1. The smallest absolute Gasteiger partial charge is 0.303 e. The molecule has 2 rings (SSSR count). The molecule has 33 nitrogen and oxygen atoms in total. The van der Waals surface area contributed by atoms with Gasteiger partial charge in [-0.2, -0.15) is 0 Å². The molecule has 2 aromatic rings. The molecule has 512 valence electrons. The number of nitrogens with one attached hydrogen (secondary N) is 15. The summed E-state index contributed by atoms with van der Waals surface area (Å²) in [6.07, 6.45) is 1.82. The molecular weight excluding hydrogens is 1200 g/mol. The molecule has 0 radical (unpaired) electrons. The monoisotopic (exact) mass is 1300 g/mol. The minimum absolute atomic E-state index is 0.000447. The third-order valence-electron chi connectivity index (χ3n) is 14.7. The van der Waals surface area contributed by atoms with E-state index in [0.717, 1.165) is 0 Å². The van der Waals surface area contributed by atoms with Crippen LogP contribution in [0.15, 0.2) is 42.9 Å². The lowest BCUT2D eigenvalue weighted by molar-refractivity contribution is -0.139. The molecule has 0 saturated carbocycles. The number of hydrogen-bond acceptors (Lipinski definition) is 17. The number of carboxylic acids is 2. The number of carbonyl (C=O) groups is 12. The van der Waals surface area contributed by atoms with E-state index in [-0.39, 0.29) is 95.1 Å². The second-order valence-electron chi connectivity index (χ2n) is 22.7. The Morgan fingerprint density at radius 2 is 1.01 bits per heavy atom. The van der Waals surface area contributed by atoms with Crippen molar-refractivity contribution >= 4 is 82.8 Å². The first-order valence-corrected chi connectivity index (χ1v) is 30.8. The van der Waals surface area contributed by atoms with Gasteiger partial charge in [-0.05, 0) is 102 Å². The summed E-state index contributed by atoms with van der Waals surface area (Å²) < 4.78 is 0. The van der Waals surface area contributed by atoms with Crippen LogP contribution in [0, 0.1) is 22.7 Å². The average molecular weight is 1300 g/mol. The summed E-state index contributed by atoms with van der Waals surface area (Å²) in [6, 6.07) is -3.34. The maximum Gasteiger partial charge on any atom is 0.303 e. The number of carboxylic acid groups (broad SMARTS) is 2. The molecule has 9 amide bonds. The van der Waals surface area contributed by atoms with Crippen molar-refractivity contribution in [3.8, 4) is 0 Å². The lowest BCUT2D eigenvalue weighted by Crippen LogP contribution is -2.61. The van der Waals surface area contributed by atoms with E-state index in [9.17, 15) is 67.7 Å². The van der Waals surface area contributed by atoms with Gasteiger partial charge in [0.2, 0.25) is 53.2 Å². The molecule has 0 saturated heterocycles. The fraction of sp³-hybridized carbons (Fsp3) is 0.610. The van der Waals surface area contributed by atoms with Crippen LogP contribution in [0.5, 0.6) is 0 Å². The minimum Gasteiger partial charge on any atom is -0.481 e. The number of amides is 9. The highest BCUT2D eigenvalue weighted by Crippen LogP contribution is 2.14. The lowest BCUT2D eigenvalue weighted by Gasteiger charge is -2.29. The van der Waals surface area contributed by atoms with Crippen molar-refractivity contribution in [2.75, 3.05) is 33.2 Å². The summed E-state index contributed by atoms with van der Waals surface area (Å²) in [5.74, 6) is -12.4. The van der Waals surface area contributed by atoms with Crippen molar-refractivity contribution in [1.29, 1.82) is 10.8 Å². The van der Waals surface area contributed by atoms with Gasteiger partial charge < -0.3 is 96.2 Å². The Hall–Kier alpha value is -9.27. The highest BCUT2D eigenvalue weighted by atomic mass is 16.4. The van der Waals surface area contributed by atoms with Gasteiger partial charge in [0.25, 0.3) is 0 Å². The molecule has 0 spiro atoms. The van der Waals surface area contributed by atoms with Crippen molar-refractivity contribution in [3.63, 3.8) is 0 Å². The van der Waals surface area contributed by atoms with E-state index in [0.29, 0.717) is 24.1 Å². The average Bonchev–Trinajstić information content (AvgIpc) is 0.986. The van der Waals surface area contributed by atoms with Crippen LogP contribution >= 0.6 is 0 Å². The standard InChI is InChI=1S/C59H97N19O14/c1-7-34(4)49(57(92)76-41(20-22-47(81)82)50(85)69-31-46(80)71-43(35(5)79)27-33(2)3)78-54(89)40(19-14-26-68-59(63)64)73-53(88)42(21-23-48(83)84)75-51(86)38(17-11-12-24-60)72-52(87)39(18-13-25-67-58(61)62)74-56(91)45(28-36-15-9-8-10-16-36)77-55(90)44(65-6)29-37-30-66-32-70-37/h8-10,15-16,30,32-34,38-45,49,65H,7,11-14,17-29,31,60H2,1-6H3,(H,66,70)(H,69,85)(H,71,80)(H,72,87)(H,73,88)(H,74,91)(H,75,86)(H,76,92)(H,77,90)(H,78,89)(H,81,82)(H,83,84)(H4,61,62,67)(H4,63,64,68)/t34-,38-,39-,40-,41-,42-,43-,44-,45-,49-/m0/s1. The summed E-state index contributed by atoms with van der Waals surface area (Å²) in [4.78, 5) is 170. The second-order valence-corrected chi connectivity index (χ2v) is 22.7. The normalized spacial score (nSPS) is 14.3. The fourth-order valence-corrected chi connectivity index (χ4v) is 9.34. The summed E-state index contributed by atoms with van der Waals surface area (Å²) in [7, 11) is 1.57. The predicted octanol–water partition coefficient (Wildman–Crippen LogP) is -3.16. The SMILES string of the molecule is CC[C@H](C)[C@H](NC(=O)[C@H](CCCNC(=N)N)NC(=O)[C@H](CCC(=O)O)NC(=O)[C@H](CCCCN)NC(=O)[C@H](CCCNC(=N)N)NC(=O)[C@H](Cc1ccccc1)NC(=O)[C@H](Cc1c[nH]cn1)NC)C(=O)N[C@@H](CCC(=O)O)C(=O)NCC(=O)N[C@@H](CC(C)C)C(C)=O. The number of aromatic nitrogens is 2. The summed E-state index contributed by atoms with van der Waals surface area (Å²) in [6.45, 7) is 7.89. The molecule has 0 aliphatic carbocycles. The third-order valence-corrected chi connectivity index (χ3v) is 14.7. The molecule has 10 atom stereocenters. The van der Waals surface area contributed by atoms with Gasteiger partial charge in [0.15, 0.2) is 17.7 Å². The quantitative estimate of drug-likeness (QED) is 0.0177. The summed E-state index contributed by atoms with van der Waals surface area (Å²) in [5.41, 5.74) is 18.0. The second kappa shape index (κ2) is 42.7. The maximum absolute atomic E-state index is 14.6. The van der Waals surface area contributed by atoms with Gasteiger partial charge in [-0.3, -0.25) is 68.4 Å². The molecule has 0 bridgehead atoms. The van der Waals surface area contributed by atoms with Crippen molar-refractivity contribution in [2.45, 2.75) is 185 Å². The first-order valence-electron chi connectivity index (χ1n) is 30.8. The van der Waals surface area contributed by atoms with Crippen LogP contribution in [-0.2, 0) is 70.4 Å². The molecule has 1 heterocycles. The van der Waals surface area contributed by atoms with Crippen LogP contribution in [0.3, 0.4) is 0 Å². The summed E-state index contributed by atoms with van der Waals surface area (Å²) >= 11 is 0. The molecule has 92 heavy (non-hydrogen) atoms. The number of ketones is 1. The van der Waals surface area contributed by atoms with Gasteiger partial charge in [-0.1, -0.05) is 64.4 Å². The van der Waals surface area contributed by atoms with E-state index in [1.165, 1.54) is 13.3 Å². The van der Waals surface area contributed by atoms with Crippen molar-refractivity contribution in [2.24, 2.45) is 29.0 Å². The number of guanidine groups is 2. The zero-order chi connectivity index (χ0) is 68.9. The first kappa shape index (κ1) is 78.8. The zero-order valence-electron chi connectivity index (χ0n) is 53.3. The number of hydrogen-bond donors (Lipinski definition) is 20. The molecule has 23 N–H and O–H groups in total. The van der Waals surface area contributed by atoms with Crippen molar-refractivity contribution in [1.82, 2.24) is 73.8 Å². The number of likely N-dealkylation sites (N-methyl/N-ethyl adjacent to an activating group) is 1. The Balaban J connectivity index is 2.55. The van der Waals surface area contributed by atoms with Crippen molar-refractivity contribution < 1.29 is 67.7 Å². The molecular formula is C59H97N19O14. The van der Waals surface area contributed by atoms with Gasteiger partial charge in [0.1, 0.15) is 42.3 Å². The molecule has 0 aliphatic rings. The molecule has 1 aromatic carbocycles. The third kappa shape index (κ3) is 31.5. The molecule has 0 fully saturated rings. The molecule has 0 aliphatic heterocycles. The number of Topliss-reactive ketones (excluding diaryl/α,β-unsaturated/α-hetero) is 1. The molecule has 0 unspecified atom stereocenters. The first-order chi connectivity index (χ1) is 43.6. The highest BCUT2D eigenvalue weighted by molar-refractivity contribution is 5.99. The Morgan fingerprint density at radius 1 is 0.554 bits per heavy atom. The fourth-order valence-electron chi connectivity index (χ4n) is 9.34. The number of imidazole rings is 1.